The van der Waals surface area contributed by atoms with E-state index >= 15 is 0 Å². The zero-order valence-electron chi connectivity index (χ0n) is 6.77. The van der Waals surface area contributed by atoms with Crippen LogP contribution in [0.5, 0.6) is 0 Å². The van der Waals surface area contributed by atoms with Gasteiger partial charge in [-0.3, -0.25) is 5.32 Å². The number of urea groups is 1. The van der Waals surface area contributed by atoms with E-state index < -0.39 is 0 Å². The molecule has 1 N–H and O–H groups in total. The summed E-state index contributed by atoms with van der Waals surface area (Å²) >= 11 is 0. The average Bonchev–Trinajstić information content (AvgIpc) is 2.53. The SMILES string of the molecule is O=C1N=CC(=Nc2ccccc2)N1. The monoisotopic (exact) mass is 173 g/mol. The van der Waals surface area contributed by atoms with E-state index in [9.17, 15) is 4.79 Å². The van der Waals surface area contributed by atoms with Crippen LogP contribution in [0, 0.1) is 0 Å². The molecule has 2 rings (SSSR count). The van der Waals surface area contributed by atoms with Gasteiger partial charge in [-0.15, -0.1) is 0 Å². The molecule has 4 heteroatoms. The zero-order valence-corrected chi connectivity index (χ0v) is 6.77. The van der Waals surface area contributed by atoms with Crippen LogP contribution >= 0.6 is 0 Å². The molecular formula is C9H7N3O. The molecule has 13 heavy (non-hydrogen) atoms. The molecule has 0 saturated heterocycles. The van der Waals surface area contributed by atoms with Gasteiger partial charge in [0.05, 0.1) is 11.9 Å². The lowest BCUT2D eigenvalue weighted by Gasteiger charge is -1.94. The summed E-state index contributed by atoms with van der Waals surface area (Å²) in [5, 5.41) is 2.49. The van der Waals surface area contributed by atoms with Crippen molar-refractivity contribution in [3.8, 4) is 0 Å². The quantitative estimate of drug-likeness (QED) is 0.687. The molecule has 0 aromatic heterocycles. The number of aliphatic imine (C=N–C) groups is 2. The van der Waals surface area contributed by atoms with Crippen molar-refractivity contribution in [2.75, 3.05) is 0 Å². The average molecular weight is 173 g/mol. The summed E-state index contributed by atoms with van der Waals surface area (Å²) in [6.07, 6.45) is 1.41. The maximum atomic E-state index is 10.7. The molecular weight excluding hydrogens is 166 g/mol. The minimum absolute atomic E-state index is 0.366. The highest BCUT2D eigenvalue weighted by Gasteiger charge is 2.08. The number of hydrogen-bond donors (Lipinski definition) is 1. The Labute approximate surface area is 75.0 Å². The second-order valence-electron chi connectivity index (χ2n) is 2.52. The number of amides is 2. The van der Waals surface area contributed by atoms with Gasteiger partial charge in [-0.2, -0.15) is 4.99 Å². The number of carbonyl (C=O) groups is 1. The Bertz CT molecular complexity index is 381. The van der Waals surface area contributed by atoms with Gasteiger partial charge in [-0.1, -0.05) is 18.2 Å². The molecule has 1 aromatic carbocycles. The maximum Gasteiger partial charge on any atom is 0.346 e. The molecule has 0 bridgehead atoms. The van der Waals surface area contributed by atoms with E-state index in [1.807, 2.05) is 30.3 Å². The van der Waals surface area contributed by atoms with Crippen molar-refractivity contribution in [1.82, 2.24) is 5.32 Å². The molecule has 1 heterocycles. The van der Waals surface area contributed by atoms with Crippen LogP contribution in [0.25, 0.3) is 0 Å². The second-order valence-corrected chi connectivity index (χ2v) is 2.52. The summed E-state index contributed by atoms with van der Waals surface area (Å²) in [6, 6.07) is 9.01. The van der Waals surface area contributed by atoms with Crippen LogP contribution in [0.2, 0.25) is 0 Å². The summed E-state index contributed by atoms with van der Waals surface area (Å²) < 4.78 is 0. The summed E-state index contributed by atoms with van der Waals surface area (Å²) in [7, 11) is 0. The fraction of sp³-hybridized carbons (Fsp3) is 0. The van der Waals surface area contributed by atoms with Gasteiger partial charge < -0.3 is 0 Å². The van der Waals surface area contributed by atoms with Gasteiger partial charge in [-0.25, -0.2) is 9.79 Å². The van der Waals surface area contributed by atoms with Crippen molar-refractivity contribution in [3.63, 3.8) is 0 Å². The largest absolute Gasteiger partial charge is 0.346 e. The van der Waals surface area contributed by atoms with Crippen LogP contribution in [0.15, 0.2) is 40.3 Å². The molecule has 0 radical (unpaired) electrons. The fourth-order valence-electron chi connectivity index (χ4n) is 0.992. The molecule has 0 atom stereocenters. The highest BCUT2D eigenvalue weighted by molar-refractivity contribution is 6.38. The minimum atomic E-state index is -0.366. The molecule has 0 saturated carbocycles. The Morgan fingerprint density at radius 3 is 2.62 bits per heavy atom. The van der Waals surface area contributed by atoms with E-state index in [0.29, 0.717) is 5.84 Å². The number of hydrogen-bond acceptors (Lipinski definition) is 2. The van der Waals surface area contributed by atoms with Gasteiger partial charge >= 0.3 is 6.03 Å². The van der Waals surface area contributed by atoms with Gasteiger partial charge in [0, 0.05) is 0 Å². The number of nitrogens with one attached hydrogen (secondary N) is 1. The van der Waals surface area contributed by atoms with E-state index in [-0.39, 0.29) is 6.03 Å². The Morgan fingerprint density at radius 2 is 2.00 bits per heavy atom. The Morgan fingerprint density at radius 1 is 1.23 bits per heavy atom. The predicted molar refractivity (Wildman–Crippen MR) is 50.6 cm³/mol. The molecule has 4 nitrogen and oxygen atoms in total. The summed E-state index contributed by atoms with van der Waals surface area (Å²) in [6.45, 7) is 0. The van der Waals surface area contributed by atoms with Crippen molar-refractivity contribution in [2.24, 2.45) is 9.98 Å². The molecule has 0 spiro atoms. The van der Waals surface area contributed by atoms with Crippen molar-refractivity contribution in [1.29, 1.82) is 0 Å². The van der Waals surface area contributed by atoms with E-state index in [2.05, 4.69) is 15.3 Å². The molecule has 2 amide bonds. The summed E-state index contributed by atoms with van der Waals surface area (Å²) in [4.78, 5) is 18.3. The highest BCUT2D eigenvalue weighted by Crippen LogP contribution is 2.09. The molecule has 64 valence electrons. The van der Waals surface area contributed by atoms with Crippen LogP contribution in [0.1, 0.15) is 0 Å². The third-order valence-corrected chi connectivity index (χ3v) is 1.54. The molecule has 1 aromatic rings. The van der Waals surface area contributed by atoms with E-state index in [1.165, 1.54) is 6.21 Å². The van der Waals surface area contributed by atoms with Crippen molar-refractivity contribution in [2.45, 2.75) is 0 Å². The number of para-hydroxylation sites is 1. The lowest BCUT2D eigenvalue weighted by atomic mass is 10.3. The first-order valence-electron chi connectivity index (χ1n) is 3.83. The van der Waals surface area contributed by atoms with E-state index in [1.54, 1.807) is 0 Å². The first kappa shape index (κ1) is 7.67. The molecule has 0 aliphatic carbocycles. The topological polar surface area (TPSA) is 53.8 Å². The first-order valence-corrected chi connectivity index (χ1v) is 3.83. The van der Waals surface area contributed by atoms with E-state index in [4.69, 9.17) is 0 Å². The molecule has 1 aliphatic heterocycles. The highest BCUT2D eigenvalue weighted by atomic mass is 16.2. The zero-order chi connectivity index (χ0) is 9.10. The maximum absolute atomic E-state index is 10.7. The van der Waals surface area contributed by atoms with Crippen LogP contribution < -0.4 is 5.32 Å². The summed E-state index contributed by atoms with van der Waals surface area (Å²) in [5.74, 6) is 0.483. The number of nitrogens with zero attached hydrogens (tertiary/aromatic N) is 2. The number of carbonyl (C=O) groups excluding carboxylic acids is 1. The van der Waals surface area contributed by atoms with Crippen LogP contribution in [-0.4, -0.2) is 18.1 Å². The van der Waals surface area contributed by atoms with Gasteiger partial charge in [0.2, 0.25) is 0 Å². The van der Waals surface area contributed by atoms with E-state index in [0.717, 1.165) is 5.69 Å². The third-order valence-electron chi connectivity index (χ3n) is 1.54. The number of benzene rings is 1. The Kier molecular flexibility index (Phi) is 1.88. The van der Waals surface area contributed by atoms with Gasteiger partial charge in [0.25, 0.3) is 0 Å². The smallest absolute Gasteiger partial charge is 0.289 e. The van der Waals surface area contributed by atoms with Crippen LogP contribution in [0.4, 0.5) is 10.5 Å². The lowest BCUT2D eigenvalue weighted by Crippen LogP contribution is -2.20. The summed E-state index contributed by atoms with van der Waals surface area (Å²) in [5.41, 5.74) is 0.797. The third kappa shape index (κ3) is 1.79. The normalized spacial score (nSPS) is 17.8. The van der Waals surface area contributed by atoms with Gasteiger partial charge in [-0.05, 0) is 12.1 Å². The first-order chi connectivity index (χ1) is 6.34. The number of rotatable bonds is 1. The number of amidine groups is 1. The Hall–Kier alpha value is -1.97. The molecule has 1 aliphatic rings. The second kappa shape index (κ2) is 3.18. The minimum Gasteiger partial charge on any atom is -0.289 e. The van der Waals surface area contributed by atoms with Crippen molar-refractivity contribution < 1.29 is 4.79 Å². The van der Waals surface area contributed by atoms with Crippen molar-refractivity contribution >= 4 is 23.8 Å². The van der Waals surface area contributed by atoms with Crippen molar-refractivity contribution in [3.05, 3.63) is 30.3 Å². The fourth-order valence-corrected chi connectivity index (χ4v) is 0.992. The molecule has 0 unspecified atom stereocenters. The van der Waals surface area contributed by atoms with Gasteiger partial charge in [0.15, 0.2) is 5.84 Å². The standard InChI is InChI=1S/C9H7N3O/c13-9-10-6-8(12-9)11-7-4-2-1-3-5-7/h1-6H,(H,11,12,13). The van der Waals surface area contributed by atoms with Crippen LogP contribution in [0.3, 0.4) is 0 Å². The van der Waals surface area contributed by atoms with Crippen LogP contribution in [-0.2, 0) is 0 Å². The Balaban J connectivity index is 2.23. The predicted octanol–water partition coefficient (Wildman–Crippen LogP) is 1.51. The van der Waals surface area contributed by atoms with Gasteiger partial charge in [0.1, 0.15) is 0 Å². The molecule has 0 fully saturated rings. The lowest BCUT2D eigenvalue weighted by molar-refractivity contribution is 0.254.